The SMILES string of the molecule is COCCN(C)c1ccnc(C(=O)N2CCC[C@H](c3nccs3)C2)c1. The summed E-state index contributed by atoms with van der Waals surface area (Å²) in [6.45, 7) is 2.91. The number of rotatable bonds is 6. The first-order chi connectivity index (χ1) is 12.2. The van der Waals surface area contributed by atoms with E-state index < -0.39 is 0 Å². The normalized spacial score (nSPS) is 17.5. The number of likely N-dealkylation sites (tertiary alicyclic amines) is 1. The minimum atomic E-state index is 0.00301. The lowest BCUT2D eigenvalue weighted by molar-refractivity contribution is 0.0701. The predicted octanol–water partition coefficient (Wildman–Crippen LogP) is 2.64. The maximum Gasteiger partial charge on any atom is 0.272 e. The van der Waals surface area contributed by atoms with E-state index in [0.29, 0.717) is 18.2 Å². The van der Waals surface area contributed by atoms with Crippen molar-refractivity contribution in [1.29, 1.82) is 0 Å². The number of carbonyl (C=O) groups excluding carboxylic acids is 1. The first-order valence-corrected chi connectivity index (χ1v) is 9.42. The topological polar surface area (TPSA) is 58.6 Å². The minimum absolute atomic E-state index is 0.00301. The largest absolute Gasteiger partial charge is 0.383 e. The summed E-state index contributed by atoms with van der Waals surface area (Å²) in [6, 6.07) is 3.78. The minimum Gasteiger partial charge on any atom is -0.383 e. The van der Waals surface area contributed by atoms with Gasteiger partial charge in [-0.1, -0.05) is 0 Å². The second-order valence-electron chi connectivity index (χ2n) is 6.27. The third kappa shape index (κ3) is 4.35. The van der Waals surface area contributed by atoms with E-state index in [1.54, 1.807) is 24.6 Å². The number of pyridine rings is 1. The number of anilines is 1. The lowest BCUT2D eigenvalue weighted by Crippen LogP contribution is -2.39. The number of amides is 1. The molecule has 25 heavy (non-hydrogen) atoms. The van der Waals surface area contributed by atoms with E-state index in [2.05, 4.69) is 14.9 Å². The molecule has 0 aromatic carbocycles. The van der Waals surface area contributed by atoms with Gasteiger partial charge in [0.15, 0.2) is 0 Å². The van der Waals surface area contributed by atoms with Crippen molar-refractivity contribution in [2.24, 2.45) is 0 Å². The molecule has 6 nitrogen and oxygen atoms in total. The van der Waals surface area contributed by atoms with Crippen LogP contribution in [0.1, 0.15) is 34.3 Å². The molecule has 0 radical (unpaired) electrons. The number of aromatic nitrogens is 2. The Kier molecular flexibility index (Phi) is 5.99. The van der Waals surface area contributed by atoms with Gasteiger partial charge in [-0.15, -0.1) is 11.3 Å². The Hall–Kier alpha value is -1.99. The van der Waals surface area contributed by atoms with Crippen molar-refractivity contribution < 1.29 is 9.53 Å². The average Bonchev–Trinajstić information content (AvgIpc) is 3.20. The molecule has 1 atom stereocenters. The fraction of sp³-hybridized carbons (Fsp3) is 0.500. The molecule has 134 valence electrons. The Balaban J connectivity index is 1.70. The predicted molar refractivity (Wildman–Crippen MR) is 99.4 cm³/mol. The van der Waals surface area contributed by atoms with E-state index in [1.165, 1.54) is 0 Å². The van der Waals surface area contributed by atoms with Gasteiger partial charge in [0.05, 0.1) is 11.6 Å². The van der Waals surface area contributed by atoms with Crippen LogP contribution in [0.4, 0.5) is 5.69 Å². The van der Waals surface area contributed by atoms with Gasteiger partial charge in [-0.3, -0.25) is 9.78 Å². The van der Waals surface area contributed by atoms with E-state index in [4.69, 9.17) is 4.74 Å². The number of nitrogens with zero attached hydrogens (tertiary/aromatic N) is 4. The zero-order valence-electron chi connectivity index (χ0n) is 14.7. The van der Waals surface area contributed by atoms with Gasteiger partial charge in [0, 0.05) is 63.2 Å². The summed E-state index contributed by atoms with van der Waals surface area (Å²) in [5, 5.41) is 3.12. The molecule has 3 heterocycles. The molecular weight excluding hydrogens is 336 g/mol. The Morgan fingerprint density at radius 1 is 1.44 bits per heavy atom. The molecule has 1 aliphatic rings. The van der Waals surface area contributed by atoms with Crippen LogP contribution in [0.25, 0.3) is 0 Å². The number of likely N-dealkylation sites (N-methyl/N-ethyl adjacent to an activating group) is 1. The van der Waals surface area contributed by atoms with Crippen LogP contribution in [0.2, 0.25) is 0 Å². The number of thiazole rings is 1. The molecule has 1 aliphatic heterocycles. The molecule has 7 heteroatoms. The van der Waals surface area contributed by atoms with E-state index in [0.717, 1.165) is 43.2 Å². The second-order valence-corrected chi connectivity index (χ2v) is 7.20. The van der Waals surface area contributed by atoms with E-state index in [9.17, 15) is 4.79 Å². The fourth-order valence-electron chi connectivity index (χ4n) is 3.09. The van der Waals surface area contributed by atoms with Gasteiger partial charge in [-0.2, -0.15) is 0 Å². The molecule has 1 amide bonds. The molecular formula is C18H24N4O2S. The van der Waals surface area contributed by atoms with Crippen LogP contribution in [-0.2, 0) is 4.74 Å². The maximum absolute atomic E-state index is 12.9. The lowest BCUT2D eigenvalue weighted by atomic mass is 9.98. The van der Waals surface area contributed by atoms with Crippen LogP contribution < -0.4 is 4.90 Å². The van der Waals surface area contributed by atoms with Crippen LogP contribution in [0.3, 0.4) is 0 Å². The van der Waals surface area contributed by atoms with Gasteiger partial charge in [-0.25, -0.2) is 4.98 Å². The molecule has 0 spiro atoms. The summed E-state index contributed by atoms with van der Waals surface area (Å²) in [4.78, 5) is 25.6. The van der Waals surface area contributed by atoms with Gasteiger partial charge in [0.25, 0.3) is 5.91 Å². The van der Waals surface area contributed by atoms with Crippen LogP contribution >= 0.6 is 11.3 Å². The van der Waals surface area contributed by atoms with Crippen molar-refractivity contribution in [3.05, 3.63) is 40.6 Å². The van der Waals surface area contributed by atoms with E-state index in [1.807, 2.05) is 35.7 Å². The maximum atomic E-state index is 12.9. The smallest absolute Gasteiger partial charge is 0.272 e. The number of piperidine rings is 1. The first kappa shape index (κ1) is 17.8. The Morgan fingerprint density at radius 3 is 3.08 bits per heavy atom. The average molecular weight is 360 g/mol. The monoisotopic (exact) mass is 360 g/mol. The van der Waals surface area contributed by atoms with Gasteiger partial charge >= 0.3 is 0 Å². The van der Waals surface area contributed by atoms with Crippen LogP contribution in [-0.4, -0.2) is 61.2 Å². The Morgan fingerprint density at radius 2 is 2.32 bits per heavy atom. The third-order valence-electron chi connectivity index (χ3n) is 4.54. The molecule has 0 N–H and O–H groups in total. The highest BCUT2D eigenvalue weighted by Gasteiger charge is 2.27. The Bertz CT molecular complexity index is 692. The Labute approximate surface area is 152 Å². The van der Waals surface area contributed by atoms with Crippen molar-refractivity contribution in [2.45, 2.75) is 18.8 Å². The molecule has 0 unspecified atom stereocenters. The van der Waals surface area contributed by atoms with Crippen LogP contribution in [0.15, 0.2) is 29.9 Å². The third-order valence-corrected chi connectivity index (χ3v) is 5.48. The van der Waals surface area contributed by atoms with E-state index in [-0.39, 0.29) is 5.91 Å². The number of methoxy groups -OCH3 is 1. The highest BCUT2D eigenvalue weighted by atomic mass is 32.1. The zero-order chi connectivity index (χ0) is 17.6. The number of ether oxygens (including phenoxy) is 1. The van der Waals surface area contributed by atoms with Crippen molar-refractivity contribution in [1.82, 2.24) is 14.9 Å². The van der Waals surface area contributed by atoms with Gasteiger partial charge < -0.3 is 14.5 Å². The number of hydrogen-bond acceptors (Lipinski definition) is 6. The van der Waals surface area contributed by atoms with Crippen molar-refractivity contribution in [3.63, 3.8) is 0 Å². The van der Waals surface area contributed by atoms with Crippen molar-refractivity contribution in [2.75, 3.05) is 45.3 Å². The van der Waals surface area contributed by atoms with Crippen LogP contribution in [0.5, 0.6) is 0 Å². The molecule has 1 saturated heterocycles. The fourth-order valence-corrected chi connectivity index (χ4v) is 3.86. The summed E-state index contributed by atoms with van der Waals surface area (Å²) in [5.74, 6) is 0.341. The van der Waals surface area contributed by atoms with Crippen molar-refractivity contribution >= 4 is 22.9 Å². The summed E-state index contributed by atoms with van der Waals surface area (Å²) in [5.41, 5.74) is 1.48. The highest BCUT2D eigenvalue weighted by molar-refractivity contribution is 7.09. The first-order valence-electron chi connectivity index (χ1n) is 8.54. The summed E-state index contributed by atoms with van der Waals surface area (Å²) in [7, 11) is 3.67. The molecule has 2 aromatic rings. The molecule has 0 saturated carbocycles. The number of hydrogen-bond donors (Lipinski definition) is 0. The standard InChI is InChI=1S/C18H24N4O2S/c1-21(9-10-24-2)15-5-6-19-16(12-15)18(23)22-8-3-4-14(13-22)17-20-7-11-25-17/h5-7,11-12,14H,3-4,8-10,13H2,1-2H3/t14-/m0/s1. The van der Waals surface area contributed by atoms with Gasteiger partial charge in [0.2, 0.25) is 0 Å². The van der Waals surface area contributed by atoms with Gasteiger partial charge in [-0.05, 0) is 25.0 Å². The number of carbonyl (C=O) groups is 1. The quantitative estimate of drug-likeness (QED) is 0.793. The molecule has 0 bridgehead atoms. The van der Waals surface area contributed by atoms with Gasteiger partial charge in [0.1, 0.15) is 5.69 Å². The zero-order valence-corrected chi connectivity index (χ0v) is 15.5. The van der Waals surface area contributed by atoms with E-state index >= 15 is 0 Å². The molecule has 2 aromatic heterocycles. The second kappa shape index (κ2) is 8.40. The molecule has 1 fully saturated rings. The molecule has 3 rings (SSSR count). The molecule has 0 aliphatic carbocycles. The summed E-state index contributed by atoms with van der Waals surface area (Å²) >= 11 is 1.67. The van der Waals surface area contributed by atoms with Crippen molar-refractivity contribution in [3.8, 4) is 0 Å². The summed E-state index contributed by atoms with van der Waals surface area (Å²) < 4.78 is 5.12. The lowest BCUT2D eigenvalue weighted by Gasteiger charge is -2.31. The van der Waals surface area contributed by atoms with Crippen LogP contribution in [0, 0.1) is 0 Å². The summed E-state index contributed by atoms with van der Waals surface area (Å²) in [6.07, 6.45) is 5.63. The highest BCUT2D eigenvalue weighted by Crippen LogP contribution is 2.29.